The molecule has 0 fully saturated rings. The number of nitrogens with zero attached hydrogens (tertiary/aromatic N) is 3. The van der Waals surface area contributed by atoms with Crippen LogP contribution in [0, 0.1) is 0 Å². The summed E-state index contributed by atoms with van der Waals surface area (Å²) in [4.78, 5) is 28.7. The highest BCUT2D eigenvalue weighted by Gasteiger charge is 2.29. The van der Waals surface area contributed by atoms with E-state index in [0.717, 1.165) is 6.54 Å². The van der Waals surface area contributed by atoms with Gasteiger partial charge >= 0.3 is 6.04 Å². The van der Waals surface area contributed by atoms with Crippen LogP contribution in [-0.4, -0.2) is 46.0 Å². The van der Waals surface area contributed by atoms with Crippen molar-refractivity contribution in [3.8, 4) is 0 Å². The van der Waals surface area contributed by atoms with Crippen molar-refractivity contribution in [2.75, 3.05) is 19.6 Å². The van der Waals surface area contributed by atoms with E-state index < -0.39 is 6.04 Å². The molecular weight excluding hydrogens is 275 g/mol. The molecule has 21 heavy (non-hydrogen) atoms. The summed E-state index contributed by atoms with van der Waals surface area (Å²) in [7, 11) is 0. The molecule has 0 radical (unpaired) electrons. The number of fused-ring (bicyclic) bond motifs is 1. The number of aromatic nitrogens is 2. The quantitative estimate of drug-likeness (QED) is 0.501. The van der Waals surface area contributed by atoms with Crippen LogP contribution in [0.4, 0.5) is 4.39 Å². The fourth-order valence-corrected chi connectivity index (χ4v) is 2.45. The van der Waals surface area contributed by atoms with Gasteiger partial charge in [0.25, 0.3) is 0 Å². The fourth-order valence-electron chi connectivity index (χ4n) is 2.45. The minimum Gasteiger partial charge on any atom is -0.330 e. The number of imidazole rings is 1. The van der Waals surface area contributed by atoms with E-state index in [0.29, 0.717) is 18.9 Å². The Balaban J connectivity index is 2.08. The smallest absolute Gasteiger partial charge is 0.330 e. The van der Waals surface area contributed by atoms with Gasteiger partial charge in [-0.3, -0.25) is 9.59 Å². The topological polar surface area (TPSA) is 67.2 Å². The van der Waals surface area contributed by atoms with E-state index in [2.05, 4.69) is 10.3 Å². The standard InChI is InChI=1S/C14H19FN4O2/c1-3-16-6-4-5-13(20)18-8-10(2)19-11(14(15)21)7-17-12(19)9-18/h4-5,7,10,16H,3,6,8-9H2,1-2H3/b5-4+. The summed E-state index contributed by atoms with van der Waals surface area (Å²) in [6.07, 6.45) is 4.52. The highest BCUT2D eigenvalue weighted by Crippen LogP contribution is 2.23. The minimum absolute atomic E-state index is 0.0488. The largest absolute Gasteiger partial charge is 0.350 e. The third-order valence-electron chi connectivity index (χ3n) is 3.42. The van der Waals surface area contributed by atoms with Crippen molar-refractivity contribution >= 4 is 11.9 Å². The molecule has 1 N–H and O–H groups in total. The monoisotopic (exact) mass is 294 g/mol. The number of amides is 1. The molecule has 0 saturated heterocycles. The molecule has 6 nitrogen and oxygen atoms in total. The molecule has 7 heteroatoms. The summed E-state index contributed by atoms with van der Waals surface area (Å²) in [5.74, 6) is 0.422. The molecule has 1 aromatic rings. The number of halogens is 1. The van der Waals surface area contributed by atoms with Gasteiger partial charge in [-0.1, -0.05) is 13.0 Å². The van der Waals surface area contributed by atoms with Crippen molar-refractivity contribution in [2.24, 2.45) is 0 Å². The van der Waals surface area contributed by atoms with E-state index in [9.17, 15) is 14.0 Å². The maximum absolute atomic E-state index is 12.9. The first-order chi connectivity index (χ1) is 10.0. The molecule has 0 spiro atoms. The van der Waals surface area contributed by atoms with Crippen molar-refractivity contribution in [3.63, 3.8) is 0 Å². The fraction of sp³-hybridized carbons (Fsp3) is 0.500. The van der Waals surface area contributed by atoms with Crippen molar-refractivity contribution in [2.45, 2.75) is 26.4 Å². The first kappa shape index (κ1) is 15.4. The average molecular weight is 294 g/mol. The second-order valence-electron chi connectivity index (χ2n) is 4.98. The van der Waals surface area contributed by atoms with Gasteiger partial charge < -0.3 is 14.8 Å². The van der Waals surface area contributed by atoms with Crippen LogP contribution in [0.15, 0.2) is 18.3 Å². The Morgan fingerprint density at radius 3 is 3.00 bits per heavy atom. The molecule has 0 bridgehead atoms. The molecule has 0 aliphatic carbocycles. The van der Waals surface area contributed by atoms with Gasteiger partial charge in [-0.25, -0.2) is 4.98 Å². The number of hydrogen-bond acceptors (Lipinski definition) is 4. The van der Waals surface area contributed by atoms with E-state index in [1.165, 1.54) is 12.3 Å². The number of hydrogen-bond donors (Lipinski definition) is 1. The Bertz CT molecular complexity index is 567. The van der Waals surface area contributed by atoms with Crippen molar-refractivity contribution < 1.29 is 14.0 Å². The molecule has 1 unspecified atom stereocenters. The van der Waals surface area contributed by atoms with E-state index >= 15 is 0 Å². The number of nitrogens with one attached hydrogen (secondary N) is 1. The maximum Gasteiger partial charge on any atom is 0.350 e. The van der Waals surface area contributed by atoms with Crippen LogP contribution in [0.25, 0.3) is 0 Å². The van der Waals surface area contributed by atoms with Gasteiger partial charge in [0, 0.05) is 19.2 Å². The Kier molecular flexibility index (Phi) is 4.85. The predicted octanol–water partition coefficient (Wildman–Crippen LogP) is 1.06. The predicted molar refractivity (Wildman–Crippen MR) is 75.5 cm³/mol. The highest BCUT2D eigenvalue weighted by atomic mass is 19.1. The summed E-state index contributed by atoms with van der Waals surface area (Å²) < 4.78 is 14.5. The van der Waals surface area contributed by atoms with Crippen molar-refractivity contribution in [1.29, 1.82) is 0 Å². The SMILES string of the molecule is CCNC/C=C/C(=O)N1Cc2ncc(C(=O)F)n2C(C)C1. The summed E-state index contributed by atoms with van der Waals surface area (Å²) in [5, 5.41) is 3.09. The lowest BCUT2D eigenvalue weighted by molar-refractivity contribution is -0.128. The summed E-state index contributed by atoms with van der Waals surface area (Å²) >= 11 is 0. The van der Waals surface area contributed by atoms with Crippen LogP contribution in [0.1, 0.15) is 36.2 Å². The van der Waals surface area contributed by atoms with Crippen LogP contribution in [0.3, 0.4) is 0 Å². The van der Waals surface area contributed by atoms with Crippen LogP contribution in [0.5, 0.6) is 0 Å². The van der Waals surface area contributed by atoms with E-state index in [-0.39, 0.29) is 24.2 Å². The van der Waals surface area contributed by atoms with Crippen molar-refractivity contribution in [3.05, 3.63) is 29.9 Å². The Labute approximate surface area is 122 Å². The molecular formula is C14H19FN4O2. The lowest BCUT2D eigenvalue weighted by atomic mass is 10.2. The molecule has 0 saturated carbocycles. The third-order valence-corrected chi connectivity index (χ3v) is 3.42. The normalized spacial score (nSPS) is 18.0. The van der Waals surface area contributed by atoms with E-state index in [4.69, 9.17) is 0 Å². The minimum atomic E-state index is -1.49. The van der Waals surface area contributed by atoms with Gasteiger partial charge in [-0.15, -0.1) is 0 Å². The zero-order valence-electron chi connectivity index (χ0n) is 12.2. The molecule has 0 aromatic carbocycles. The number of likely N-dealkylation sites (N-methyl/N-ethyl adjacent to an activating group) is 1. The molecule has 1 aromatic heterocycles. The molecule has 2 heterocycles. The van der Waals surface area contributed by atoms with Crippen LogP contribution in [-0.2, 0) is 11.3 Å². The molecule has 1 amide bonds. The van der Waals surface area contributed by atoms with Gasteiger partial charge in [0.15, 0.2) is 0 Å². The highest BCUT2D eigenvalue weighted by molar-refractivity contribution is 5.88. The molecule has 114 valence electrons. The third kappa shape index (κ3) is 3.36. The Morgan fingerprint density at radius 2 is 2.33 bits per heavy atom. The van der Waals surface area contributed by atoms with Crippen molar-refractivity contribution in [1.82, 2.24) is 19.8 Å². The maximum atomic E-state index is 12.9. The summed E-state index contributed by atoms with van der Waals surface area (Å²) in [6, 6.07) is -1.68. The van der Waals surface area contributed by atoms with Gasteiger partial charge in [-0.05, 0) is 13.5 Å². The molecule has 2 rings (SSSR count). The number of carbonyl (C=O) groups is 2. The lowest BCUT2D eigenvalue weighted by Gasteiger charge is -2.32. The summed E-state index contributed by atoms with van der Waals surface area (Å²) in [5.41, 5.74) is -0.0488. The van der Waals surface area contributed by atoms with Crippen LogP contribution in [0.2, 0.25) is 0 Å². The van der Waals surface area contributed by atoms with Gasteiger partial charge in [0.2, 0.25) is 5.91 Å². The van der Waals surface area contributed by atoms with Gasteiger partial charge in [0.1, 0.15) is 11.5 Å². The first-order valence-electron chi connectivity index (χ1n) is 6.96. The Morgan fingerprint density at radius 1 is 1.57 bits per heavy atom. The Hall–Kier alpha value is -2.02. The first-order valence-corrected chi connectivity index (χ1v) is 6.96. The van der Waals surface area contributed by atoms with E-state index in [1.807, 2.05) is 13.8 Å². The zero-order valence-corrected chi connectivity index (χ0v) is 12.2. The second kappa shape index (κ2) is 6.62. The van der Waals surface area contributed by atoms with Crippen LogP contribution < -0.4 is 5.32 Å². The number of rotatable bonds is 5. The molecule has 1 aliphatic heterocycles. The lowest BCUT2D eigenvalue weighted by Crippen LogP contribution is -2.40. The van der Waals surface area contributed by atoms with Gasteiger partial charge in [-0.2, -0.15) is 4.39 Å². The van der Waals surface area contributed by atoms with Gasteiger partial charge in [0.05, 0.1) is 18.8 Å². The summed E-state index contributed by atoms with van der Waals surface area (Å²) in [6.45, 7) is 6.01. The second-order valence-corrected chi connectivity index (χ2v) is 4.98. The molecule has 1 aliphatic rings. The number of carbonyl (C=O) groups excluding carboxylic acids is 2. The van der Waals surface area contributed by atoms with Crippen LogP contribution >= 0.6 is 0 Å². The zero-order chi connectivity index (χ0) is 15.4. The average Bonchev–Trinajstić information content (AvgIpc) is 2.88. The molecule has 1 atom stereocenters. The van der Waals surface area contributed by atoms with E-state index in [1.54, 1.807) is 15.5 Å².